The molecule has 0 bridgehead atoms. The highest BCUT2D eigenvalue weighted by Gasteiger charge is 2.46. The third-order valence-electron chi connectivity index (χ3n) is 9.27. The van der Waals surface area contributed by atoms with Crippen molar-refractivity contribution in [3.05, 3.63) is 41.5 Å². The van der Waals surface area contributed by atoms with E-state index in [-0.39, 0.29) is 23.5 Å². The molecule has 0 radical (unpaired) electrons. The molecule has 336 valence electrons. The molecule has 0 aliphatic rings. The van der Waals surface area contributed by atoms with Crippen molar-refractivity contribution in [2.75, 3.05) is 72.7 Å². The number of carbonyl (C=O) groups is 5. The van der Waals surface area contributed by atoms with Crippen LogP contribution >= 0.6 is 11.8 Å². The summed E-state index contributed by atoms with van der Waals surface area (Å²) in [6, 6.07) is 4.69. The number of likely N-dealkylation sites (N-methyl/N-ethyl adjacent to an activating group) is 2. The summed E-state index contributed by atoms with van der Waals surface area (Å²) in [6.07, 6.45) is 1.03. The number of rotatable bonds is 24. The molecule has 15 heteroatoms. The molecule has 0 aliphatic carbocycles. The van der Waals surface area contributed by atoms with E-state index in [4.69, 9.17) is 28.4 Å². The number of ether oxygens (including phenoxy) is 6. The minimum atomic E-state index is -1.12. The molecule has 0 fully saturated rings. The van der Waals surface area contributed by atoms with Crippen molar-refractivity contribution < 1.29 is 52.4 Å². The average Bonchev–Trinajstić information content (AvgIpc) is 3.12. The third-order valence-corrected chi connectivity index (χ3v) is 10.0. The molecule has 0 aliphatic heterocycles. The van der Waals surface area contributed by atoms with Crippen LogP contribution in [0.3, 0.4) is 0 Å². The van der Waals surface area contributed by atoms with Gasteiger partial charge in [-0.3, -0.25) is 19.3 Å². The lowest BCUT2D eigenvalue weighted by atomic mass is 9.76. The zero-order chi connectivity index (χ0) is 45.1. The summed E-state index contributed by atoms with van der Waals surface area (Å²) in [5.41, 5.74) is -1.45. The fourth-order valence-electron chi connectivity index (χ4n) is 6.11. The van der Waals surface area contributed by atoms with E-state index in [1.54, 1.807) is 64.8 Å². The van der Waals surface area contributed by atoms with Crippen molar-refractivity contribution in [3.8, 4) is 5.75 Å². The minimum Gasteiger partial charge on any atom is -0.491 e. The molecule has 0 saturated heterocycles. The van der Waals surface area contributed by atoms with Crippen molar-refractivity contribution in [3.63, 3.8) is 0 Å². The Morgan fingerprint density at radius 1 is 0.780 bits per heavy atom. The summed E-state index contributed by atoms with van der Waals surface area (Å²) in [5.74, 6) is -0.197. The Kier molecular flexibility index (Phi) is 22.8. The number of benzene rings is 1. The van der Waals surface area contributed by atoms with Gasteiger partial charge in [0.1, 0.15) is 30.0 Å². The standard InChI is InChI=1S/C44H73N3O11S/c1-16-56-40(51)31(4)29-35(30(2)3)46(14)39(50)36(42(6,7)8)45-38(49)37(47(15)41(52)58-43(9,10)11)44(12,13)33-17-19-34(20-18-33)57-26-25-54-22-21-53-23-24-55-27-28-59-32(5)48/h17-20,29-30,35-37H,16,21-28H2,1-15H3,(H,45,49)/b31-29+/t35-,36-,37-/m1/s1. The summed E-state index contributed by atoms with van der Waals surface area (Å²) in [5, 5.41) is 3.10. The van der Waals surface area contributed by atoms with E-state index < -0.39 is 52.5 Å². The Morgan fingerprint density at radius 3 is 1.78 bits per heavy atom. The summed E-state index contributed by atoms with van der Waals surface area (Å²) in [7, 11) is 3.18. The number of hydrogen-bond donors (Lipinski definition) is 1. The molecule has 59 heavy (non-hydrogen) atoms. The van der Waals surface area contributed by atoms with Crippen LogP contribution in [-0.4, -0.2) is 135 Å². The second-order valence-corrected chi connectivity index (χ2v) is 18.6. The van der Waals surface area contributed by atoms with E-state index in [0.717, 1.165) is 5.56 Å². The number of nitrogens with one attached hydrogen (secondary N) is 1. The molecule has 0 saturated carbocycles. The zero-order valence-corrected chi connectivity index (χ0v) is 39.2. The van der Waals surface area contributed by atoms with Gasteiger partial charge in [-0.2, -0.15) is 0 Å². The molecule has 3 atom stereocenters. The molecular formula is C44H73N3O11S. The Balaban J connectivity index is 3.19. The number of nitrogens with zero attached hydrogens (tertiary/aromatic N) is 2. The second-order valence-electron chi connectivity index (χ2n) is 17.3. The first-order chi connectivity index (χ1) is 27.3. The van der Waals surface area contributed by atoms with E-state index in [1.165, 1.54) is 30.6 Å². The van der Waals surface area contributed by atoms with Crippen molar-refractivity contribution >= 4 is 40.8 Å². The quantitative estimate of drug-likeness (QED) is 0.0691. The molecule has 1 rings (SSSR count). The number of thioether (sulfide) groups is 1. The van der Waals surface area contributed by atoms with Gasteiger partial charge in [0.05, 0.1) is 52.3 Å². The van der Waals surface area contributed by atoms with Crippen LogP contribution in [0.15, 0.2) is 35.9 Å². The SMILES string of the molecule is CCOC(=O)/C(C)=C/[C@H](C(C)C)N(C)C(=O)[C@@H](NC(=O)[C@@H](N(C)C(=O)OC(C)(C)C)C(C)(C)c1ccc(OCCOCCOCCOCCSC(C)=O)cc1)C(C)(C)C. The van der Waals surface area contributed by atoms with Gasteiger partial charge in [-0.05, 0) is 63.6 Å². The largest absolute Gasteiger partial charge is 0.491 e. The Hall–Kier alpha value is -3.66. The Morgan fingerprint density at radius 2 is 1.31 bits per heavy atom. The maximum absolute atomic E-state index is 14.7. The van der Waals surface area contributed by atoms with Gasteiger partial charge in [-0.1, -0.05) is 78.4 Å². The average molecular weight is 852 g/mol. The van der Waals surface area contributed by atoms with Gasteiger partial charge in [0.2, 0.25) is 11.8 Å². The van der Waals surface area contributed by atoms with Crippen molar-refractivity contribution in [1.82, 2.24) is 15.1 Å². The smallest absolute Gasteiger partial charge is 0.410 e. The number of amides is 3. The highest BCUT2D eigenvalue weighted by atomic mass is 32.2. The van der Waals surface area contributed by atoms with Gasteiger partial charge in [-0.25, -0.2) is 9.59 Å². The number of esters is 1. The van der Waals surface area contributed by atoms with Crippen LogP contribution in [0.2, 0.25) is 0 Å². The normalized spacial score (nSPS) is 13.9. The molecule has 1 N–H and O–H groups in total. The molecule has 1 aromatic rings. The van der Waals surface area contributed by atoms with Gasteiger partial charge >= 0.3 is 12.1 Å². The van der Waals surface area contributed by atoms with E-state index in [2.05, 4.69) is 5.32 Å². The lowest BCUT2D eigenvalue weighted by Gasteiger charge is -2.42. The van der Waals surface area contributed by atoms with Crippen LogP contribution in [-0.2, 0) is 48.3 Å². The topological polar surface area (TPSA) is 159 Å². The van der Waals surface area contributed by atoms with Gasteiger partial charge in [0.15, 0.2) is 5.12 Å². The van der Waals surface area contributed by atoms with E-state index in [9.17, 15) is 24.0 Å². The van der Waals surface area contributed by atoms with Crippen LogP contribution in [0.1, 0.15) is 95.6 Å². The summed E-state index contributed by atoms with van der Waals surface area (Å²) < 4.78 is 33.3. The number of carbonyl (C=O) groups excluding carboxylic acids is 5. The van der Waals surface area contributed by atoms with Crippen molar-refractivity contribution in [1.29, 1.82) is 0 Å². The maximum Gasteiger partial charge on any atom is 0.410 e. The molecule has 0 spiro atoms. The molecule has 0 heterocycles. The molecule has 0 unspecified atom stereocenters. The molecule has 0 aromatic heterocycles. The summed E-state index contributed by atoms with van der Waals surface area (Å²) >= 11 is 1.23. The summed E-state index contributed by atoms with van der Waals surface area (Å²) in [4.78, 5) is 68.9. The van der Waals surface area contributed by atoms with Crippen molar-refractivity contribution in [2.45, 2.75) is 119 Å². The lowest BCUT2D eigenvalue weighted by molar-refractivity contribution is -0.142. The minimum absolute atomic E-state index is 0.0689. The molecule has 3 amide bonds. The van der Waals surface area contributed by atoms with E-state index in [1.807, 2.05) is 60.6 Å². The first kappa shape index (κ1) is 53.4. The van der Waals surface area contributed by atoms with Gasteiger partial charge in [0.25, 0.3) is 0 Å². The lowest BCUT2D eigenvalue weighted by Crippen LogP contribution is -2.63. The van der Waals surface area contributed by atoms with Crippen LogP contribution in [0.5, 0.6) is 5.75 Å². The fourth-order valence-corrected chi connectivity index (χ4v) is 6.60. The number of hydrogen-bond acceptors (Lipinski definition) is 12. The van der Waals surface area contributed by atoms with Gasteiger partial charge < -0.3 is 38.6 Å². The summed E-state index contributed by atoms with van der Waals surface area (Å²) in [6.45, 7) is 26.5. The highest BCUT2D eigenvalue weighted by molar-refractivity contribution is 8.13. The first-order valence-corrected chi connectivity index (χ1v) is 21.3. The highest BCUT2D eigenvalue weighted by Crippen LogP contribution is 2.33. The third kappa shape index (κ3) is 19.1. The predicted octanol–water partition coefficient (Wildman–Crippen LogP) is 6.43. The fraction of sp³-hybridized carbons (Fsp3) is 0.705. The molecule has 1 aromatic carbocycles. The van der Waals surface area contributed by atoms with E-state index in [0.29, 0.717) is 63.3 Å². The van der Waals surface area contributed by atoms with Crippen LogP contribution in [0, 0.1) is 11.3 Å². The van der Waals surface area contributed by atoms with Crippen LogP contribution < -0.4 is 10.1 Å². The maximum atomic E-state index is 14.7. The van der Waals surface area contributed by atoms with Crippen LogP contribution in [0.25, 0.3) is 0 Å². The zero-order valence-electron chi connectivity index (χ0n) is 38.4. The second kappa shape index (κ2) is 25.2. The van der Waals surface area contributed by atoms with Crippen LogP contribution in [0.4, 0.5) is 4.79 Å². The van der Waals surface area contributed by atoms with Gasteiger partial charge in [0, 0.05) is 37.8 Å². The Bertz CT molecular complexity index is 1520. The monoisotopic (exact) mass is 851 g/mol. The van der Waals surface area contributed by atoms with Gasteiger partial charge in [-0.15, -0.1) is 0 Å². The molecular weight excluding hydrogens is 779 g/mol. The molecule has 14 nitrogen and oxygen atoms in total. The van der Waals surface area contributed by atoms with Crippen molar-refractivity contribution in [2.24, 2.45) is 11.3 Å². The Labute approximate surface area is 357 Å². The first-order valence-electron chi connectivity index (χ1n) is 20.3. The van der Waals surface area contributed by atoms with E-state index >= 15 is 0 Å². The predicted molar refractivity (Wildman–Crippen MR) is 232 cm³/mol.